The van der Waals surface area contributed by atoms with Gasteiger partial charge >= 0.3 is 5.97 Å². The van der Waals surface area contributed by atoms with Gasteiger partial charge in [0, 0.05) is 10.2 Å². The Kier molecular flexibility index (Phi) is 4.32. The number of aliphatic carboxylic acids is 1. The number of nitrogens with one attached hydrogen (secondary N) is 1. The van der Waals surface area contributed by atoms with Gasteiger partial charge in [-0.2, -0.15) is 0 Å². The quantitative estimate of drug-likeness (QED) is 0.862. The highest BCUT2D eigenvalue weighted by atomic mass is 79.9. The summed E-state index contributed by atoms with van der Waals surface area (Å²) in [4.78, 5) is 11.7. The topological polar surface area (TPSA) is 49.3 Å². The van der Waals surface area contributed by atoms with Crippen molar-refractivity contribution >= 4 is 27.6 Å². The van der Waals surface area contributed by atoms with Gasteiger partial charge in [0.1, 0.15) is 5.82 Å². The summed E-state index contributed by atoms with van der Waals surface area (Å²) >= 11 is 3.37. The average molecular weight is 352 g/mol. The molecule has 2 N–H and O–H groups in total. The first-order valence-electron chi connectivity index (χ1n) is 6.37. The van der Waals surface area contributed by atoms with Gasteiger partial charge in [0.2, 0.25) is 0 Å². The zero-order valence-electron chi connectivity index (χ0n) is 11.7. The second-order valence-corrected chi connectivity index (χ2v) is 5.85. The highest BCUT2D eigenvalue weighted by Gasteiger charge is 2.36. The number of anilines is 1. The number of carboxylic acid groups (broad SMARTS) is 1. The van der Waals surface area contributed by atoms with Crippen LogP contribution in [-0.4, -0.2) is 11.1 Å². The van der Waals surface area contributed by atoms with Crippen molar-refractivity contribution in [2.45, 2.75) is 19.4 Å². The number of halogens is 2. The van der Waals surface area contributed by atoms with E-state index in [-0.39, 0.29) is 0 Å². The van der Waals surface area contributed by atoms with Crippen LogP contribution < -0.4 is 5.32 Å². The lowest BCUT2D eigenvalue weighted by atomic mass is 9.90. The molecule has 0 radical (unpaired) electrons. The number of carbonyl (C=O) groups is 1. The molecule has 1 atom stereocenters. The maximum absolute atomic E-state index is 13.8. The molecule has 0 aliphatic carbocycles. The highest BCUT2D eigenvalue weighted by molar-refractivity contribution is 9.10. The maximum atomic E-state index is 13.8. The van der Waals surface area contributed by atoms with Crippen molar-refractivity contribution in [1.82, 2.24) is 0 Å². The summed E-state index contributed by atoms with van der Waals surface area (Å²) in [5.41, 5.74) is 0.0305. The van der Waals surface area contributed by atoms with E-state index in [0.29, 0.717) is 16.8 Å². The van der Waals surface area contributed by atoms with E-state index in [2.05, 4.69) is 21.2 Å². The summed E-state index contributed by atoms with van der Waals surface area (Å²) in [6.45, 7) is 3.15. The monoisotopic (exact) mass is 351 g/mol. The molecule has 2 rings (SSSR count). The fourth-order valence-electron chi connectivity index (χ4n) is 1.98. The van der Waals surface area contributed by atoms with Gasteiger partial charge in [0.05, 0.1) is 0 Å². The van der Waals surface area contributed by atoms with Crippen LogP contribution in [0.4, 0.5) is 10.1 Å². The molecule has 0 aliphatic rings. The molecule has 0 fully saturated rings. The minimum Gasteiger partial charge on any atom is -0.479 e. The van der Waals surface area contributed by atoms with Gasteiger partial charge in [-0.05, 0) is 59.1 Å². The summed E-state index contributed by atoms with van der Waals surface area (Å²) in [6.07, 6.45) is 0. The molecule has 0 saturated heterocycles. The fraction of sp³-hybridized carbons (Fsp3) is 0.188. The third kappa shape index (κ3) is 3.08. The Morgan fingerprint density at radius 1 is 1.29 bits per heavy atom. The molecule has 0 saturated carbocycles. The lowest BCUT2D eigenvalue weighted by Crippen LogP contribution is -2.40. The van der Waals surface area contributed by atoms with Crippen LogP contribution in [0.25, 0.3) is 0 Å². The van der Waals surface area contributed by atoms with Crippen molar-refractivity contribution < 1.29 is 14.3 Å². The minimum atomic E-state index is -1.43. The Morgan fingerprint density at radius 2 is 1.95 bits per heavy atom. The van der Waals surface area contributed by atoms with Crippen LogP contribution >= 0.6 is 15.9 Å². The SMILES string of the molecule is Cc1ccc(C(C)(Nc2ccccc2Br)C(=O)O)cc1F. The highest BCUT2D eigenvalue weighted by Crippen LogP contribution is 2.31. The van der Waals surface area contributed by atoms with Gasteiger partial charge in [-0.15, -0.1) is 0 Å². The minimum absolute atomic E-state index is 0.355. The fourth-order valence-corrected chi connectivity index (χ4v) is 2.37. The van der Waals surface area contributed by atoms with Crippen LogP contribution in [0, 0.1) is 12.7 Å². The van der Waals surface area contributed by atoms with E-state index in [1.807, 2.05) is 6.07 Å². The molecule has 1 unspecified atom stereocenters. The Hall–Kier alpha value is -1.88. The second kappa shape index (κ2) is 5.85. The van der Waals surface area contributed by atoms with E-state index in [1.165, 1.54) is 13.0 Å². The van der Waals surface area contributed by atoms with Gasteiger partial charge < -0.3 is 10.4 Å². The predicted molar refractivity (Wildman–Crippen MR) is 83.9 cm³/mol. The first kappa shape index (κ1) is 15.5. The Labute approximate surface area is 130 Å². The van der Waals surface area contributed by atoms with Crippen LogP contribution in [0.1, 0.15) is 18.1 Å². The van der Waals surface area contributed by atoms with Crippen molar-refractivity contribution in [3.63, 3.8) is 0 Å². The van der Waals surface area contributed by atoms with Gasteiger partial charge in [-0.25, -0.2) is 9.18 Å². The second-order valence-electron chi connectivity index (χ2n) is 5.00. The van der Waals surface area contributed by atoms with Crippen LogP contribution in [0.3, 0.4) is 0 Å². The first-order chi connectivity index (χ1) is 9.84. The van der Waals surface area contributed by atoms with Crippen molar-refractivity contribution in [3.8, 4) is 0 Å². The summed E-state index contributed by atoms with van der Waals surface area (Å²) in [5, 5.41) is 12.6. The molecule has 0 amide bonds. The number of hydrogen-bond donors (Lipinski definition) is 2. The third-order valence-corrected chi connectivity index (χ3v) is 4.13. The summed E-state index contributed by atoms with van der Waals surface area (Å²) in [6, 6.07) is 11.7. The molecular formula is C16H15BrFNO2. The zero-order chi connectivity index (χ0) is 15.6. The molecule has 2 aromatic rings. The normalized spacial score (nSPS) is 13.5. The standard InChI is InChI=1S/C16H15BrFNO2/c1-10-7-8-11(9-13(10)18)16(2,15(20)21)19-14-6-4-3-5-12(14)17/h3-9,19H,1-2H3,(H,20,21). The van der Waals surface area contributed by atoms with E-state index >= 15 is 0 Å². The van der Waals surface area contributed by atoms with Crippen molar-refractivity contribution in [2.75, 3.05) is 5.32 Å². The first-order valence-corrected chi connectivity index (χ1v) is 7.16. The lowest BCUT2D eigenvalue weighted by Gasteiger charge is -2.28. The van der Waals surface area contributed by atoms with Crippen LogP contribution in [0.15, 0.2) is 46.9 Å². The van der Waals surface area contributed by atoms with Gasteiger partial charge in [0.25, 0.3) is 0 Å². The number of hydrogen-bond acceptors (Lipinski definition) is 2. The average Bonchev–Trinajstić information content (AvgIpc) is 2.44. The van der Waals surface area contributed by atoms with Crippen LogP contribution in [0.2, 0.25) is 0 Å². The number of para-hydroxylation sites is 1. The molecule has 0 aromatic heterocycles. The molecule has 0 heterocycles. The molecular weight excluding hydrogens is 337 g/mol. The Balaban J connectivity index is 2.48. The van der Waals surface area contributed by atoms with Gasteiger partial charge in [-0.3, -0.25) is 0 Å². The Morgan fingerprint density at radius 3 is 2.52 bits per heavy atom. The molecule has 0 aliphatic heterocycles. The van der Waals surface area contributed by atoms with E-state index in [9.17, 15) is 14.3 Å². The molecule has 2 aromatic carbocycles. The van der Waals surface area contributed by atoms with Crippen molar-refractivity contribution in [3.05, 3.63) is 63.9 Å². The molecule has 5 heteroatoms. The Bertz CT molecular complexity index is 690. The van der Waals surface area contributed by atoms with Crippen molar-refractivity contribution in [1.29, 1.82) is 0 Å². The largest absolute Gasteiger partial charge is 0.479 e. The molecule has 110 valence electrons. The van der Waals surface area contributed by atoms with Crippen molar-refractivity contribution in [2.24, 2.45) is 0 Å². The van der Waals surface area contributed by atoms with Gasteiger partial charge in [0.15, 0.2) is 5.54 Å². The van der Waals surface area contributed by atoms with E-state index in [4.69, 9.17) is 0 Å². The number of rotatable bonds is 4. The van der Waals surface area contributed by atoms with Crippen LogP contribution in [0.5, 0.6) is 0 Å². The summed E-state index contributed by atoms with van der Waals surface area (Å²) in [5.74, 6) is -1.50. The molecule has 0 bridgehead atoms. The van der Waals surface area contributed by atoms with Crippen LogP contribution in [-0.2, 0) is 10.3 Å². The smallest absolute Gasteiger partial charge is 0.333 e. The van der Waals surface area contributed by atoms with E-state index in [1.54, 1.807) is 37.3 Å². The number of benzene rings is 2. The predicted octanol–water partition coefficient (Wildman–Crippen LogP) is 4.31. The zero-order valence-corrected chi connectivity index (χ0v) is 13.2. The van der Waals surface area contributed by atoms with E-state index in [0.717, 1.165) is 4.47 Å². The maximum Gasteiger partial charge on any atom is 0.333 e. The molecule has 3 nitrogen and oxygen atoms in total. The lowest BCUT2D eigenvalue weighted by molar-refractivity contribution is -0.142. The van der Waals surface area contributed by atoms with Gasteiger partial charge in [-0.1, -0.05) is 24.3 Å². The summed E-state index contributed by atoms with van der Waals surface area (Å²) < 4.78 is 14.5. The molecule has 0 spiro atoms. The number of carboxylic acids is 1. The molecule has 21 heavy (non-hydrogen) atoms. The third-order valence-electron chi connectivity index (χ3n) is 3.44. The summed E-state index contributed by atoms with van der Waals surface area (Å²) in [7, 11) is 0. The van der Waals surface area contributed by atoms with E-state index < -0.39 is 17.3 Å². The number of aryl methyl sites for hydroxylation is 1.